The maximum absolute atomic E-state index is 13.1. The molecule has 9 heteroatoms. The van der Waals surface area contributed by atoms with Crippen molar-refractivity contribution in [1.82, 2.24) is 14.9 Å². The van der Waals surface area contributed by atoms with Crippen LogP contribution < -0.4 is 14.8 Å². The number of methoxy groups -OCH3 is 2. The van der Waals surface area contributed by atoms with Crippen LogP contribution in [0.2, 0.25) is 0 Å². The van der Waals surface area contributed by atoms with Crippen molar-refractivity contribution in [3.8, 4) is 17.2 Å². The van der Waals surface area contributed by atoms with Crippen molar-refractivity contribution in [2.45, 2.75) is 19.6 Å². The molecule has 0 fully saturated rings. The molecule has 0 aliphatic rings. The standard InChI is InChI=1S/C22H22FN3O5/c1-14(21(27)25-11-15-4-9-19(29-2)20(10-15)30-3)31-22(28)18-12-24-13-26(18)17-7-5-16(23)6-8-17/h4-10,12-14H,11H2,1-3H3,(H,25,27)/t14-/m1/s1. The molecule has 1 aromatic heterocycles. The average Bonchev–Trinajstić information content (AvgIpc) is 3.27. The van der Waals surface area contributed by atoms with Gasteiger partial charge in [-0.3, -0.25) is 9.36 Å². The van der Waals surface area contributed by atoms with Crippen LogP contribution in [-0.4, -0.2) is 41.8 Å². The number of nitrogens with zero attached hydrogens (tertiary/aromatic N) is 2. The number of hydrogen-bond donors (Lipinski definition) is 1. The normalized spacial score (nSPS) is 11.5. The van der Waals surface area contributed by atoms with Crippen LogP contribution in [0.3, 0.4) is 0 Å². The lowest BCUT2D eigenvalue weighted by Crippen LogP contribution is -2.35. The molecule has 8 nitrogen and oxygen atoms in total. The van der Waals surface area contributed by atoms with Gasteiger partial charge in [-0.25, -0.2) is 14.2 Å². The lowest BCUT2D eigenvalue weighted by molar-refractivity contribution is -0.129. The van der Waals surface area contributed by atoms with Crippen LogP contribution in [0.4, 0.5) is 4.39 Å². The fraction of sp³-hybridized carbons (Fsp3) is 0.227. The number of benzene rings is 2. The molecule has 0 spiro atoms. The summed E-state index contributed by atoms with van der Waals surface area (Å²) in [5.41, 5.74) is 1.45. The molecule has 0 unspecified atom stereocenters. The van der Waals surface area contributed by atoms with E-state index >= 15 is 0 Å². The zero-order valence-electron chi connectivity index (χ0n) is 17.3. The van der Waals surface area contributed by atoms with Gasteiger partial charge in [0.25, 0.3) is 5.91 Å². The predicted octanol–water partition coefficient (Wildman–Crippen LogP) is 2.89. The maximum atomic E-state index is 13.1. The van der Waals surface area contributed by atoms with Crippen LogP contribution in [0, 0.1) is 5.82 Å². The van der Waals surface area contributed by atoms with Gasteiger partial charge in [-0.05, 0) is 48.9 Å². The van der Waals surface area contributed by atoms with Gasteiger partial charge in [0.15, 0.2) is 23.3 Å². The van der Waals surface area contributed by atoms with E-state index in [2.05, 4.69) is 10.3 Å². The monoisotopic (exact) mass is 427 g/mol. The number of hydrogen-bond acceptors (Lipinski definition) is 6. The second-order valence-corrected chi connectivity index (χ2v) is 6.58. The summed E-state index contributed by atoms with van der Waals surface area (Å²) in [5.74, 6) is -0.459. The molecule has 1 heterocycles. The van der Waals surface area contributed by atoms with Crippen molar-refractivity contribution < 1.29 is 28.2 Å². The van der Waals surface area contributed by atoms with E-state index < -0.39 is 23.8 Å². The number of esters is 1. The average molecular weight is 427 g/mol. The van der Waals surface area contributed by atoms with E-state index in [4.69, 9.17) is 14.2 Å². The number of carbonyl (C=O) groups excluding carboxylic acids is 2. The number of carbonyl (C=O) groups is 2. The Morgan fingerprint density at radius 2 is 1.81 bits per heavy atom. The fourth-order valence-corrected chi connectivity index (χ4v) is 2.85. The molecule has 0 saturated carbocycles. The molecule has 0 bridgehead atoms. The number of nitrogens with one attached hydrogen (secondary N) is 1. The van der Waals surface area contributed by atoms with Gasteiger partial charge in [-0.2, -0.15) is 0 Å². The summed E-state index contributed by atoms with van der Waals surface area (Å²) in [6, 6.07) is 10.8. The lowest BCUT2D eigenvalue weighted by atomic mass is 10.2. The van der Waals surface area contributed by atoms with Crippen molar-refractivity contribution in [2.24, 2.45) is 0 Å². The third-order valence-electron chi connectivity index (χ3n) is 4.52. The first kappa shape index (κ1) is 21.8. The van der Waals surface area contributed by atoms with E-state index in [0.717, 1.165) is 5.56 Å². The van der Waals surface area contributed by atoms with Crippen LogP contribution >= 0.6 is 0 Å². The van der Waals surface area contributed by atoms with E-state index in [9.17, 15) is 14.0 Å². The van der Waals surface area contributed by atoms with Gasteiger partial charge in [0, 0.05) is 12.2 Å². The molecular formula is C22H22FN3O5. The predicted molar refractivity (Wildman–Crippen MR) is 110 cm³/mol. The smallest absolute Gasteiger partial charge is 0.357 e. The highest BCUT2D eigenvalue weighted by Gasteiger charge is 2.22. The second kappa shape index (κ2) is 9.75. The summed E-state index contributed by atoms with van der Waals surface area (Å²) in [6.07, 6.45) is 1.69. The summed E-state index contributed by atoms with van der Waals surface area (Å²) in [6.45, 7) is 1.69. The van der Waals surface area contributed by atoms with E-state index in [1.165, 1.54) is 62.5 Å². The van der Waals surface area contributed by atoms with Gasteiger partial charge >= 0.3 is 5.97 Å². The minimum atomic E-state index is -1.04. The van der Waals surface area contributed by atoms with Crippen LogP contribution in [-0.2, 0) is 16.1 Å². The topological polar surface area (TPSA) is 91.7 Å². The quantitative estimate of drug-likeness (QED) is 0.556. The molecule has 31 heavy (non-hydrogen) atoms. The third-order valence-corrected chi connectivity index (χ3v) is 4.52. The zero-order valence-corrected chi connectivity index (χ0v) is 17.3. The van der Waals surface area contributed by atoms with Crippen LogP contribution in [0.5, 0.6) is 11.5 Å². The van der Waals surface area contributed by atoms with Crippen molar-refractivity contribution in [1.29, 1.82) is 0 Å². The molecule has 3 aromatic rings. The third kappa shape index (κ3) is 5.19. The number of ether oxygens (including phenoxy) is 3. The Kier molecular flexibility index (Phi) is 6.86. The van der Waals surface area contributed by atoms with Crippen molar-refractivity contribution in [3.63, 3.8) is 0 Å². The minimum absolute atomic E-state index is 0.117. The molecule has 0 saturated heterocycles. The van der Waals surface area contributed by atoms with Crippen LogP contribution in [0.25, 0.3) is 5.69 Å². The van der Waals surface area contributed by atoms with Gasteiger partial charge in [0.05, 0.1) is 26.7 Å². The van der Waals surface area contributed by atoms with Gasteiger partial charge in [-0.1, -0.05) is 6.07 Å². The van der Waals surface area contributed by atoms with Crippen molar-refractivity contribution in [2.75, 3.05) is 14.2 Å². The molecule has 0 aliphatic heterocycles. The van der Waals surface area contributed by atoms with Crippen molar-refractivity contribution >= 4 is 11.9 Å². The molecule has 2 aromatic carbocycles. The summed E-state index contributed by atoms with van der Waals surface area (Å²) >= 11 is 0. The largest absolute Gasteiger partial charge is 0.493 e. The number of rotatable bonds is 8. The Hall–Kier alpha value is -3.88. The Bertz CT molecular complexity index is 1070. The fourth-order valence-electron chi connectivity index (χ4n) is 2.85. The highest BCUT2D eigenvalue weighted by molar-refractivity contribution is 5.91. The Labute approximate surface area is 178 Å². The van der Waals surface area contributed by atoms with E-state index in [1.807, 2.05) is 0 Å². The summed E-state index contributed by atoms with van der Waals surface area (Å²) in [5, 5.41) is 2.71. The lowest BCUT2D eigenvalue weighted by Gasteiger charge is -2.15. The van der Waals surface area contributed by atoms with Crippen LogP contribution in [0.1, 0.15) is 23.0 Å². The number of imidazole rings is 1. The maximum Gasteiger partial charge on any atom is 0.357 e. The van der Waals surface area contributed by atoms with E-state index in [1.54, 1.807) is 18.2 Å². The first-order valence-corrected chi connectivity index (χ1v) is 9.40. The van der Waals surface area contributed by atoms with Crippen LogP contribution in [0.15, 0.2) is 55.0 Å². The van der Waals surface area contributed by atoms with Crippen molar-refractivity contribution in [3.05, 3.63) is 72.1 Å². The summed E-state index contributed by atoms with van der Waals surface area (Å²) < 4.78 is 30.3. The summed E-state index contributed by atoms with van der Waals surface area (Å²) in [4.78, 5) is 28.9. The van der Waals surface area contributed by atoms with Gasteiger partial charge in [0.1, 0.15) is 5.82 Å². The zero-order chi connectivity index (χ0) is 22.4. The molecule has 1 N–H and O–H groups in total. The molecule has 1 atom stereocenters. The number of halogens is 1. The van der Waals surface area contributed by atoms with Gasteiger partial charge in [-0.15, -0.1) is 0 Å². The molecule has 0 aliphatic carbocycles. The number of amides is 1. The SMILES string of the molecule is COc1ccc(CNC(=O)[C@@H](C)OC(=O)c2cncn2-c2ccc(F)cc2)cc1OC. The highest BCUT2D eigenvalue weighted by atomic mass is 19.1. The molecule has 0 radical (unpaired) electrons. The minimum Gasteiger partial charge on any atom is -0.493 e. The van der Waals surface area contributed by atoms with Gasteiger partial charge in [0.2, 0.25) is 0 Å². The second-order valence-electron chi connectivity index (χ2n) is 6.58. The number of aromatic nitrogens is 2. The molecule has 3 rings (SSSR count). The highest BCUT2D eigenvalue weighted by Crippen LogP contribution is 2.27. The molecule has 1 amide bonds. The van der Waals surface area contributed by atoms with E-state index in [0.29, 0.717) is 17.2 Å². The van der Waals surface area contributed by atoms with Gasteiger partial charge < -0.3 is 19.5 Å². The molecular weight excluding hydrogens is 405 g/mol. The first-order valence-electron chi connectivity index (χ1n) is 9.40. The Morgan fingerprint density at radius 1 is 1.10 bits per heavy atom. The Morgan fingerprint density at radius 3 is 2.48 bits per heavy atom. The molecule has 162 valence electrons. The first-order chi connectivity index (χ1) is 14.9. The van der Waals surface area contributed by atoms with E-state index in [-0.39, 0.29) is 12.2 Å². The Balaban J connectivity index is 1.61. The summed E-state index contributed by atoms with van der Waals surface area (Å²) in [7, 11) is 3.07.